The van der Waals surface area contributed by atoms with Crippen LogP contribution in [-0.4, -0.2) is 26.9 Å². The SMILES string of the molecule is O=C(O)NC12CC(c3cn[nH]c3)(C1)C2. The lowest BCUT2D eigenvalue weighted by Gasteiger charge is -2.70. The molecule has 3 fully saturated rings. The molecule has 0 atom stereocenters. The lowest BCUT2D eigenvalue weighted by atomic mass is 9.38. The summed E-state index contributed by atoms with van der Waals surface area (Å²) >= 11 is 0. The largest absolute Gasteiger partial charge is 0.465 e. The maximum atomic E-state index is 10.5. The molecular weight excluding hydrogens is 182 g/mol. The number of aromatic amines is 1. The lowest BCUT2D eigenvalue weighted by molar-refractivity contribution is -0.0821. The van der Waals surface area contributed by atoms with Gasteiger partial charge in [-0.25, -0.2) is 4.79 Å². The van der Waals surface area contributed by atoms with Crippen molar-refractivity contribution in [1.82, 2.24) is 15.5 Å². The highest BCUT2D eigenvalue weighted by Crippen LogP contribution is 2.67. The van der Waals surface area contributed by atoms with Gasteiger partial charge in [0.15, 0.2) is 0 Å². The third-order valence-corrected chi connectivity index (χ3v) is 3.51. The normalized spacial score (nSPS) is 38.3. The van der Waals surface area contributed by atoms with Crippen LogP contribution < -0.4 is 5.32 Å². The summed E-state index contributed by atoms with van der Waals surface area (Å²) in [5.41, 5.74) is 1.31. The maximum Gasteiger partial charge on any atom is 0.405 e. The van der Waals surface area contributed by atoms with Crippen molar-refractivity contribution in [1.29, 1.82) is 0 Å². The Bertz CT molecular complexity index is 365. The Morgan fingerprint density at radius 1 is 1.57 bits per heavy atom. The second kappa shape index (κ2) is 2.10. The molecule has 1 amide bonds. The molecule has 4 rings (SSSR count). The zero-order chi connectivity index (χ0) is 9.81. The summed E-state index contributed by atoms with van der Waals surface area (Å²) in [4.78, 5) is 10.5. The predicted molar refractivity (Wildman–Crippen MR) is 48.0 cm³/mol. The van der Waals surface area contributed by atoms with E-state index in [-0.39, 0.29) is 11.0 Å². The van der Waals surface area contributed by atoms with Crippen molar-refractivity contribution in [3.8, 4) is 0 Å². The molecule has 0 spiro atoms. The minimum Gasteiger partial charge on any atom is -0.465 e. The first-order valence-electron chi connectivity index (χ1n) is 4.65. The van der Waals surface area contributed by atoms with Gasteiger partial charge < -0.3 is 10.4 Å². The second-order valence-corrected chi connectivity index (χ2v) is 4.51. The standard InChI is InChI=1S/C9H11N3O2/c13-7(14)12-9-3-8(4-9,5-9)6-1-10-11-2-6/h1-2,12H,3-5H2,(H,10,11)(H,13,14). The second-order valence-electron chi connectivity index (χ2n) is 4.51. The number of amides is 1. The smallest absolute Gasteiger partial charge is 0.405 e. The van der Waals surface area contributed by atoms with Crippen LogP contribution >= 0.6 is 0 Å². The first-order chi connectivity index (χ1) is 6.64. The number of hydrogen-bond acceptors (Lipinski definition) is 2. The van der Waals surface area contributed by atoms with Gasteiger partial charge in [0.2, 0.25) is 0 Å². The monoisotopic (exact) mass is 193 g/mol. The molecule has 1 heterocycles. The van der Waals surface area contributed by atoms with Crippen molar-refractivity contribution in [2.24, 2.45) is 0 Å². The summed E-state index contributed by atoms with van der Waals surface area (Å²) in [7, 11) is 0. The van der Waals surface area contributed by atoms with Gasteiger partial charge >= 0.3 is 6.09 Å². The molecule has 3 N–H and O–H groups in total. The van der Waals surface area contributed by atoms with E-state index in [2.05, 4.69) is 15.5 Å². The summed E-state index contributed by atoms with van der Waals surface area (Å²) in [6, 6.07) is 0. The minimum atomic E-state index is -0.912. The van der Waals surface area contributed by atoms with Gasteiger partial charge in [0.05, 0.1) is 6.20 Å². The molecule has 0 unspecified atom stereocenters. The quantitative estimate of drug-likeness (QED) is 0.651. The Kier molecular flexibility index (Phi) is 1.18. The van der Waals surface area contributed by atoms with Gasteiger partial charge in [-0.2, -0.15) is 5.10 Å². The van der Waals surface area contributed by atoms with E-state index in [1.165, 1.54) is 5.56 Å². The fourth-order valence-electron chi connectivity index (χ4n) is 2.99. The van der Waals surface area contributed by atoms with Crippen molar-refractivity contribution >= 4 is 6.09 Å². The van der Waals surface area contributed by atoms with Gasteiger partial charge in [0.1, 0.15) is 0 Å². The summed E-state index contributed by atoms with van der Waals surface area (Å²) in [5.74, 6) is 0. The van der Waals surface area contributed by atoms with Gasteiger partial charge in [0.25, 0.3) is 0 Å². The van der Waals surface area contributed by atoms with Gasteiger partial charge in [-0.05, 0) is 24.8 Å². The Labute approximate surface area is 80.5 Å². The number of rotatable bonds is 2. The van der Waals surface area contributed by atoms with E-state index in [9.17, 15) is 4.79 Å². The summed E-state index contributed by atoms with van der Waals surface area (Å²) in [6.07, 6.45) is 5.60. The predicted octanol–water partition coefficient (Wildman–Crippen LogP) is 0.851. The molecule has 0 radical (unpaired) electrons. The number of aromatic nitrogens is 2. The lowest BCUT2D eigenvalue weighted by Crippen LogP contribution is -2.76. The molecule has 3 aliphatic carbocycles. The van der Waals surface area contributed by atoms with E-state index >= 15 is 0 Å². The highest BCUT2D eigenvalue weighted by atomic mass is 16.4. The molecule has 5 heteroatoms. The fraction of sp³-hybridized carbons (Fsp3) is 0.556. The highest BCUT2D eigenvalue weighted by Gasteiger charge is 2.69. The van der Waals surface area contributed by atoms with E-state index in [0.29, 0.717) is 0 Å². The van der Waals surface area contributed by atoms with E-state index in [1.54, 1.807) is 0 Å². The molecule has 5 nitrogen and oxygen atoms in total. The summed E-state index contributed by atoms with van der Waals surface area (Å²) < 4.78 is 0. The first-order valence-corrected chi connectivity index (χ1v) is 4.65. The van der Waals surface area contributed by atoms with E-state index < -0.39 is 6.09 Å². The Hall–Kier alpha value is -1.52. The van der Waals surface area contributed by atoms with Crippen LogP contribution in [-0.2, 0) is 5.41 Å². The van der Waals surface area contributed by atoms with Crippen molar-refractivity contribution < 1.29 is 9.90 Å². The average molecular weight is 193 g/mol. The van der Waals surface area contributed by atoms with Crippen molar-refractivity contribution in [2.75, 3.05) is 0 Å². The Morgan fingerprint density at radius 2 is 2.29 bits per heavy atom. The van der Waals surface area contributed by atoms with Crippen molar-refractivity contribution in [2.45, 2.75) is 30.2 Å². The van der Waals surface area contributed by atoms with Crippen LogP contribution in [0.1, 0.15) is 24.8 Å². The summed E-state index contributed by atoms with van der Waals surface area (Å²) in [5, 5.41) is 17.9. The van der Waals surface area contributed by atoms with Gasteiger partial charge in [-0.3, -0.25) is 5.10 Å². The zero-order valence-corrected chi connectivity index (χ0v) is 7.58. The highest BCUT2D eigenvalue weighted by molar-refractivity contribution is 5.67. The van der Waals surface area contributed by atoms with Crippen LogP contribution in [0.3, 0.4) is 0 Å². The minimum absolute atomic E-state index is 0.122. The van der Waals surface area contributed by atoms with Crippen molar-refractivity contribution in [3.05, 3.63) is 18.0 Å². The number of hydrogen-bond donors (Lipinski definition) is 3. The number of carboxylic acid groups (broad SMARTS) is 1. The van der Waals surface area contributed by atoms with Crippen LogP contribution in [0, 0.1) is 0 Å². The number of carbonyl (C=O) groups is 1. The average Bonchev–Trinajstić information content (AvgIpc) is 2.44. The van der Waals surface area contributed by atoms with Gasteiger partial charge in [-0.1, -0.05) is 0 Å². The van der Waals surface area contributed by atoms with Gasteiger partial charge in [0, 0.05) is 17.2 Å². The van der Waals surface area contributed by atoms with Crippen molar-refractivity contribution in [3.63, 3.8) is 0 Å². The molecule has 1 aromatic rings. The van der Waals surface area contributed by atoms with Crippen LogP contribution in [0.25, 0.3) is 0 Å². The molecule has 3 saturated carbocycles. The Balaban J connectivity index is 1.72. The molecule has 0 aromatic carbocycles. The summed E-state index contributed by atoms with van der Waals surface area (Å²) in [6.45, 7) is 0. The van der Waals surface area contributed by atoms with E-state index in [0.717, 1.165) is 19.3 Å². The van der Waals surface area contributed by atoms with Crippen LogP contribution in [0.15, 0.2) is 12.4 Å². The molecule has 0 aliphatic heterocycles. The Morgan fingerprint density at radius 3 is 2.79 bits per heavy atom. The number of H-pyrrole nitrogens is 1. The van der Waals surface area contributed by atoms with E-state index in [1.807, 2.05) is 12.4 Å². The number of nitrogens with zero attached hydrogens (tertiary/aromatic N) is 1. The topological polar surface area (TPSA) is 78.0 Å². The zero-order valence-electron chi connectivity index (χ0n) is 7.58. The van der Waals surface area contributed by atoms with Crippen LogP contribution in [0.5, 0.6) is 0 Å². The molecule has 3 aliphatic rings. The molecule has 2 bridgehead atoms. The molecular formula is C9H11N3O2. The first kappa shape index (κ1) is 7.84. The maximum absolute atomic E-state index is 10.5. The third kappa shape index (κ3) is 0.792. The molecule has 0 saturated heterocycles. The van der Waals surface area contributed by atoms with Crippen LogP contribution in [0.4, 0.5) is 4.79 Å². The molecule has 74 valence electrons. The number of nitrogens with one attached hydrogen (secondary N) is 2. The molecule has 14 heavy (non-hydrogen) atoms. The molecule has 1 aromatic heterocycles. The fourth-order valence-corrected chi connectivity index (χ4v) is 2.99. The van der Waals surface area contributed by atoms with Crippen LogP contribution in [0.2, 0.25) is 0 Å². The van der Waals surface area contributed by atoms with Gasteiger partial charge in [-0.15, -0.1) is 0 Å². The third-order valence-electron chi connectivity index (χ3n) is 3.51. The van der Waals surface area contributed by atoms with E-state index in [4.69, 9.17) is 5.11 Å².